The van der Waals surface area contributed by atoms with Gasteiger partial charge in [-0.05, 0) is 60.2 Å². The lowest BCUT2D eigenvalue weighted by molar-refractivity contribution is 0.586. The fourth-order valence-electron chi connectivity index (χ4n) is 3.28. The van der Waals surface area contributed by atoms with E-state index < -0.39 is 10.0 Å². The number of benzene rings is 2. The van der Waals surface area contributed by atoms with E-state index in [2.05, 4.69) is 15.9 Å². The smallest absolute Gasteiger partial charge is 0.236 e. The van der Waals surface area contributed by atoms with E-state index in [4.69, 9.17) is 0 Å². The summed E-state index contributed by atoms with van der Waals surface area (Å²) in [6.07, 6.45) is 7.37. The number of nitrogens with zero attached hydrogens (tertiary/aromatic N) is 2. The summed E-state index contributed by atoms with van der Waals surface area (Å²) in [6.45, 7) is 0.377. The Morgan fingerprint density at radius 2 is 1.81 bits per heavy atom. The molecule has 0 bridgehead atoms. The number of fused-ring (bicyclic) bond motifs is 1. The van der Waals surface area contributed by atoms with E-state index in [1.807, 2.05) is 54.7 Å². The molecule has 0 saturated heterocycles. The van der Waals surface area contributed by atoms with Crippen molar-refractivity contribution in [1.29, 1.82) is 0 Å². The van der Waals surface area contributed by atoms with Crippen LogP contribution in [0.15, 0.2) is 71.9 Å². The minimum atomic E-state index is -3.44. The van der Waals surface area contributed by atoms with Crippen molar-refractivity contribution in [2.24, 2.45) is 0 Å². The van der Waals surface area contributed by atoms with Gasteiger partial charge >= 0.3 is 0 Å². The van der Waals surface area contributed by atoms with Crippen molar-refractivity contribution in [2.45, 2.75) is 19.3 Å². The van der Waals surface area contributed by atoms with Gasteiger partial charge in [0.2, 0.25) is 10.0 Å². The molecule has 1 aliphatic carbocycles. The maximum absolute atomic E-state index is 12.6. The average Bonchev–Trinajstić information content (AvgIpc) is 3.23. The van der Waals surface area contributed by atoms with Crippen LogP contribution in [0.1, 0.15) is 23.1 Å². The SMILES string of the molecule is O=S(=O)(NCCc1ccc(-n2cccn2)cc1)C1=Cc2ccccc2CC1. The second-order valence-corrected chi connectivity index (χ2v) is 8.39. The van der Waals surface area contributed by atoms with Gasteiger partial charge in [-0.1, -0.05) is 36.4 Å². The molecule has 0 atom stereocenters. The Kier molecular flexibility index (Phi) is 4.92. The van der Waals surface area contributed by atoms with Crippen molar-refractivity contribution in [3.05, 3.63) is 88.6 Å². The molecule has 1 aromatic heterocycles. The molecule has 0 radical (unpaired) electrons. The lowest BCUT2D eigenvalue weighted by Gasteiger charge is -2.17. The number of rotatable bonds is 6. The first-order valence-corrected chi connectivity index (χ1v) is 10.5. The molecule has 5 nitrogen and oxygen atoms in total. The van der Waals surface area contributed by atoms with E-state index in [0.29, 0.717) is 24.3 Å². The van der Waals surface area contributed by atoms with Gasteiger partial charge in [0.25, 0.3) is 0 Å². The topological polar surface area (TPSA) is 64.0 Å². The van der Waals surface area contributed by atoms with E-state index in [0.717, 1.165) is 23.2 Å². The Morgan fingerprint density at radius 3 is 2.59 bits per heavy atom. The van der Waals surface area contributed by atoms with Crippen molar-refractivity contribution in [2.75, 3.05) is 6.54 Å². The van der Waals surface area contributed by atoms with Crippen LogP contribution in [0.3, 0.4) is 0 Å². The summed E-state index contributed by atoms with van der Waals surface area (Å²) >= 11 is 0. The maximum Gasteiger partial charge on any atom is 0.236 e. The third-order valence-electron chi connectivity index (χ3n) is 4.77. The van der Waals surface area contributed by atoms with Crippen LogP contribution < -0.4 is 4.72 Å². The third kappa shape index (κ3) is 4.02. The standard InChI is InChI=1S/C21H21N3O2S/c25-27(26,21-11-8-18-4-1-2-5-19(18)16-21)23-14-12-17-6-9-20(10-7-17)24-15-3-13-22-24/h1-7,9-10,13,15-16,23H,8,11-12,14H2. The largest absolute Gasteiger partial charge is 0.241 e. The van der Waals surface area contributed by atoms with Gasteiger partial charge in [-0.2, -0.15) is 5.10 Å². The lowest BCUT2D eigenvalue weighted by Crippen LogP contribution is -2.28. The van der Waals surface area contributed by atoms with Crippen LogP contribution in [-0.2, 0) is 22.9 Å². The first kappa shape index (κ1) is 17.7. The zero-order chi connectivity index (χ0) is 18.7. The summed E-state index contributed by atoms with van der Waals surface area (Å²) < 4.78 is 29.7. The summed E-state index contributed by atoms with van der Waals surface area (Å²) in [7, 11) is -3.44. The van der Waals surface area contributed by atoms with Gasteiger partial charge in [-0.3, -0.25) is 0 Å². The Hall–Kier alpha value is -2.70. The number of hydrogen-bond acceptors (Lipinski definition) is 3. The summed E-state index contributed by atoms with van der Waals surface area (Å²) in [5.41, 5.74) is 4.26. The predicted octanol–water partition coefficient (Wildman–Crippen LogP) is 3.32. The van der Waals surface area contributed by atoms with Crippen LogP contribution in [0, 0.1) is 0 Å². The molecule has 0 amide bonds. The molecule has 0 spiro atoms. The van der Waals surface area contributed by atoms with Crippen molar-refractivity contribution in [1.82, 2.24) is 14.5 Å². The molecule has 4 rings (SSSR count). The van der Waals surface area contributed by atoms with E-state index in [9.17, 15) is 8.42 Å². The monoisotopic (exact) mass is 379 g/mol. The third-order valence-corrected chi connectivity index (χ3v) is 6.37. The molecule has 138 valence electrons. The molecule has 6 heteroatoms. The molecule has 1 N–H and O–H groups in total. The van der Waals surface area contributed by atoms with Crippen LogP contribution in [0.2, 0.25) is 0 Å². The van der Waals surface area contributed by atoms with Gasteiger partial charge in [0, 0.05) is 18.9 Å². The van der Waals surface area contributed by atoms with Crippen LogP contribution in [0.4, 0.5) is 0 Å². The minimum Gasteiger partial charge on any atom is -0.241 e. The molecule has 0 fully saturated rings. The molecule has 0 aliphatic heterocycles. The van der Waals surface area contributed by atoms with E-state index in [-0.39, 0.29) is 0 Å². The van der Waals surface area contributed by atoms with E-state index >= 15 is 0 Å². The fraction of sp³-hybridized carbons (Fsp3) is 0.190. The quantitative estimate of drug-likeness (QED) is 0.715. The number of aryl methyl sites for hydroxylation is 1. The second kappa shape index (κ2) is 7.50. The van der Waals surface area contributed by atoms with Crippen molar-refractivity contribution in [3.8, 4) is 5.69 Å². The number of hydrogen-bond donors (Lipinski definition) is 1. The summed E-state index contributed by atoms with van der Waals surface area (Å²) in [5, 5.41) is 4.20. The Labute approximate surface area is 159 Å². The highest BCUT2D eigenvalue weighted by Gasteiger charge is 2.21. The van der Waals surface area contributed by atoms with Crippen molar-refractivity contribution >= 4 is 16.1 Å². The summed E-state index contributed by atoms with van der Waals surface area (Å²) in [5.74, 6) is 0. The van der Waals surface area contributed by atoms with Crippen molar-refractivity contribution in [3.63, 3.8) is 0 Å². The highest BCUT2D eigenvalue weighted by Crippen LogP contribution is 2.26. The molecule has 1 aliphatic rings. The van der Waals surface area contributed by atoms with Crippen LogP contribution in [-0.4, -0.2) is 24.7 Å². The zero-order valence-electron chi connectivity index (χ0n) is 14.9. The molecule has 0 unspecified atom stereocenters. The zero-order valence-corrected chi connectivity index (χ0v) is 15.7. The van der Waals surface area contributed by atoms with E-state index in [1.54, 1.807) is 17.0 Å². The number of aromatic nitrogens is 2. The molecule has 27 heavy (non-hydrogen) atoms. The molecule has 2 aromatic carbocycles. The second-order valence-electron chi connectivity index (χ2n) is 6.57. The Bertz CT molecular complexity index is 1050. The highest BCUT2D eigenvalue weighted by atomic mass is 32.2. The van der Waals surface area contributed by atoms with Gasteiger partial charge in [0.1, 0.15) is 0 Å². The van der Waals surface area contributed by atoms with Crippen LogP contribution in [0.5, 0.6) is 0 Å². The average molecular weight is 379 g/mol. The highest BCUT2D eigenvalue weighted by molar-refractivity contribution is 7.93. The van der Waals surface area contributed by atoms with Gasteiger partial charge in [0.05, 0.1) is 10.6 Å². The van der Waals surface area contributed by atoms with E-state index in [1.165, 1.54) is 5.56 Å². The molecule has 1 heterocycles. The predicted molar refractivity (Wildman–Crippen MR) is 107 cm³/mol. The van der Waals surface area contributed by atoms with Crippen molar-refractivity contribution < 1.29 is 8.42 Å². The lowest BCUT2D eigenvalue weighted by atomic mass is 9.98. The van der Waals surface area contributed by atoms with Crippen LogP contribution >= 0.6 is 0 Å². The van der Waals surface area contributed by atoms with Gasteiger partial charge in [0.15, 0.2) is 0 Å². The molecule has 3 aromatic rings. The first-order chi connectivity index (χ1) is 13.1. The number of nitrogens with one attached hydrogen (secondary N) is 1. The molecular formula is C21H21N3O2S. The van der Waals surface area contributed by atoms with Gasteiger partial charge < -0.3 is 0 Å². The Balaban J connectivity index is 1.38. The number of allylic oxidation sites excluding steroid dienone is 1. The Morgan fingerprint density at radius 1 is 1.00 bits per heavy atom. The summed E-state index contributed by atoms with van der Waals surface area (Å²) in [4.78, 5) is 0.468. The number of sulfonamides is 1. The molecule has 0 saturated carbocycles. The minimum absolute atomic E-state index is 0.377. The van der Waals surface area contributed by atoms with Gasteiger partial charge in [-0.15, -0.1) is 0 Å². The normalized spacial score (nSPS) is 13.9. The van der Waals surface area contributed by atoms with Crippen LogP contribution in [0.25, 0.3) is 11.8 Å². The maximum atomic E-state index is 12.6. The summed E-state index contributed by atoms with van der Waals surface area (Å²) in [6, 6.07) is 17.8. The molecular weight excluding hydrogens is 358 g/mol. The van der Waals surface area contributed by atoms with Gasteiger partial charge in [-0.25, -0.2) is 17.8 Å². The first-order valence-electron chi connectivity index (χ1n) is 8.99. The fourth-order valence-corrected chi connectivity index (χ4v) is 4.49.